The molecule has 29 heavy (non-hydrogen) atoms. The van der Waals surface area contributed by atoms with Crippen LogP contribution in [0.1, 0.15) is 17.3 Å². The predicted molar refractivity (Wildman–Crippen MR) is 112 cm³/mol. The number of rotatable bonds is 3. The summed E-state index contributed by atoms with van der Waals surface area (Å²) in [6.45, 7) is 1.88. The number of fused-ring (bicyclic) bond motifs is 2. The maximum atomic E-state index is 13.7. The largest absolute Gasteiger partial charge is 0.486 e. The molecular weight excluding hydrogens is 456 g/mol. The van der Waals surface area contributed by atoms with Crippen LogP contribution in [-0.2, 0) is 16.6 Å². The fourth-order valence-electron chi connectivity index (χ4n) is 3.92. The van der Waals surface area contributed by atoms with Crippen molar-refractivity contribution in [3.05, 3.63) is 76.5 Å². The predicted octanol–water partition coefficient (Wildman–Crippen LogP) is 3.82. The molecule has 0 spiro atoms. The summed E-state index contributed by atoms with van der Waals surface area (Å²) in [4.78, 5) is 0.212. The van der Waals surface area contributed by atoms with E-state index in [4.69, 9.17) is 9.47 Å². The van der Waals surface area contributed by atoms with E-state index in [0.717, 1.165) is 15.7 Å². The highest BCUT2D eigenvalue weighted by Crippen LogP contribution is 2.39. The van der Waals surface area contributed by atoms with Gasteiger partial charge < -0.3 is 14.0 Å². The Labute approximate surface area is 177 Å². The lowest BCUT2D eigenvalue weighted by Crippen LogP contribution is -2.42. The summed E-state index contributed by atoms with van der Waals surface area (Å²) in [5.41, 5.74) is 1.88. The average Bonchev–Trinajstić information content (AvgIpc) is 3.22. The molecule has 0 unspecified atom stereocenters. The zero-order valence-corrected chi connectivity index (χ0v) is 17.9. The van der Waals surface area contributed by atoms with Gasteiger partial charge in [0.05, 0.1) is 10.9 Å². The fourth-order valence-corrected chi connectivity index (χ4v) is 5.78. The van der Waals surface area contributed by atoms with Crippen LogP contribution in [0.4, 0.5) is 0 Å². The molecule has 1 atom stereocenters. The Morgan fingerprint density at radius 1 is 0.931 bits per heavy atom. The molecule has 0 amide bonds. The van der Waals surface area contributed by atoms with Gasteiger partial charge in [0.1, 0.15) is 13.2 Å². The molecule has 0 saturated carbocycles. The number of nitrogens with zero attached hydrogens (tertiary/aromatic N) is 2. The second-order valence-electron chi connectivity index (χ2n) is 7.00. The first-order valence-corrected chi connectivity index (χ1v) is 11.6. The van der Waals surface area contributed by atoms with E-state index in [1.807, 2.05) is 42.6 Å². The molecule has 6 nitrogen and oxygen atoms in total. The Morgan fingerprint density at radius 3 is 2.48 bits per heavy atom. The van der Waals surface area contributed by atoms with Crippen molar-refractivity contribution in [1.82, 2.24) is 8.87 Å². The van der Waals surface area contributed by atoms with Gasteiger partial charge in [-0.15, -0.1) is 0 Å². The number of hydrogen-bond acceptors (Lipinski definition) is 4. The van der Waals surface area contributed by atoms with E-state index in [-0.39, 0.29) is 4.90 Å². The van der Waals surface area contributed by atoms with Crippen LogP contribution in [0.25, 0.3) is 0 Å². The Bertz CT molecular complexity index is 1160. The van der Waals surface area contributed by atoms with Crippen molar-refractivity contribution >= 4 is 26.0 Å². The van der Waals surface area contributed by atoms with Crippen LogP contribution in [0.3, 0.4) is 0 Å². The van der Waals surface area contributed by atoms with Crippen LogP contribution < -0.4 is 9.47 Å². The molecule has 2 aliphatic heterocycles. The molecule has 0 aliphatic carbocycles. The van der Waals surface area contributed by atoms with Crippen LogP contribution in [0.15, 0.2) is 70.2 Å². The molecule has 0 fully saturated rings. The van der Waals surface area contributed by atoms with Gasteiger partial charge in [0.2, 0.25) is 10.0 Å². The van der Waals surface area contributed by atoms with Crippen LogP contribution in [0.5, 0.6) is 11.5 Å². The molecule has 2 aromatic carbocycles. The number of halogens is 1. The summed E-state index contributed by atoms with van der Waals surface area (Å²) >= 11 is 3.46. The molecule has 3 aromatic rings. The summed E-state index contributed by atoms with van der Waals surface area (Å²) in [6.07, 6.45) is 2.00. The summed E-state index contributed by atoms with van der Waals surface area (Å²) < 4.78 is 43.1. The van der Waals surface area contributed by atoms with Crippen molar-refractivity contribution in [2.75, 3.05) is 19.8 Å². The number of hydrogen-bond donors (Lipinski definition) is 0. The van der Waals surface area contributed by atoms with E-state index in [0.29, 0.717) is 37.8 Å². The second-order valence-corrected chi connectivity index (χ2v) is 9.81. The maximum Gasteiger partial charge on any atom is 0.244 e. The number of benzene rings is 2. The van der Waals surface area contributed by atoms with Crippen LogP contribution in [-0.4, -0.2) is 37.0 Å². The molecule has 0 bridgehead atoms. The van der Waals surface area contributed by atoms with Crippen LogP contribution in [0, 0.1) is 0 Å². The van der Waals surface area contributed by atoms with Gasteiger partial charge in [-0.25, -0.2) is 8.42 Å². The minimum Gasteiger partial charge on any atom is -0.486 e. The van der Waals surface area contributed by atoms with Gasteiger partial charge in [0.25, 0.3) is 0 Å². The van der Waals surface area contributed by atoms with Gasteiger partial charge in [0.15, 0.2) is 11.5 Å². The molecule has 3 heterocycles. The van der Waals surface area contributed by atoms with Crippen LogP contribution >= 0.6 is 15.9 Å². The first-order chi connectivity index (χ1) is 14.0. The van der Waals surface area contributed by atoms with E-state index in [1.54, 1.807) is 22.5 Å². The Morgan fingerprint density at radius 2 is 1.69 bits per heavy atom. The fraction of sp³-hybridized carbons (Fsp3) is 0.238. The average molecular weight is 475 g/mol. The van der Waals surface area contributed by atoms with Crippen molar-refractivity contribution in [2.45, 2.75) is 17.5 Å². The minimum absolute atomic E-state index is 0.212. The monoisotopic (exact) mass is 474 g/mol. The van der Waals surface area contributed by atoms with Crippen molar-refractivity contribution in [3.63, 3.8) is 0 Å². The zero-order valence-electron chi connectivity index (χ0n) is 15.5. The highest BCUT2D eigenvalue weighted by Gasteiger charge is 2.38. The molecule has 0 N–H and O–H groups in total. The van der Waals surface area contributed by atoms with Crippen molar-refractivity contribution in [3.8, 4) is 11.5 Å². The molecule has 8 heteroatoms. The molecule has 5 rings (SSSR count). The van der Waals surface area contributed by atoms with Gasteiger partial charge in [-0.1, -0.05) is 28.1 Å². The first-order valence-electron chi connectivity index (χ1n) is 9.36. The lowest BCUT2D eigenvalue weighted by molar-refractivity contribution is 0.171. The van der Waals surface area contributed by atoms with Gasteiger partial charge in [-0.2, -0.15) is 4.31 Å². The van der Waals surface area contributed by atoms with Crippen molar-refractivity contribution in [1.29, 1.82) is 0 Å². The summed E-state index contributed by atoms with van der Waals surface area (Å²) in [7, 11) is -3.75. The van der Waals surface area contributed by atoms with Gasteiger partial charge in [-0.3, -0.25) is 0 Å². The third kappa shape index (κ3) is 3.25. The minimum atomic E-state index is -3.75. The third-order valence-electron chi connectivity index (χ3n) is 5.30. The lowest BCUT2D eigenvalue weighted by atomic mass is 10.0. The number of aromatic nitrogens is 1. The van der Waals surface area contributed by atoms with E-state index in [1.165, 1.54) is 0 Å². The standard InChI is InChI=1S/C21H19BrN2O4S/c22-16-5-3-15(4-6-16)21-18-2-1-9-23(18)10-11-24(21)29(25,26)17-7-8-19-20(14-17)28-13-12-27-19/h1-9,14,21H,10-13H2/t21-/m0/s1. The van der Waals surface area contributed by atoms with Gasteiger partial charge in [0, 0.05) is 35.5 Å². The SMILES string of the molecule is O=S(=O)(c1ccc2c(c1)OCCO2)N1CCn2cccc2[C@@H]1c1ccc(Br)cc1. The Balaban J connectivity index is 1.60. The molecule has 150 valence electrons. The quantitative estimate of drug-likeness (QED) is 0.578. The van der Waals surface area contributed by atoms with Gasteiger partial charge in [-0.05, 0) is 42.0 Å². The van der Waals surface area contributed by atoms with E-state index < -0.39 is 16.1 Å². The van der Waals surface area contributed by atoms with E-state index in [2.05, 4.69) is 20.5 Å². The summed E-state index contributed by atoms with van der Waals surface area (Å²) in [5, 5.41) is 0. The van der Waals surface area contributed by atoms with Crippen molar-refractivity contribution in [2.24, 2.45) is 0 Å². The van der Waals surface area contributed by atoms with Gasteiger partial charge >= 0.3 is 0 Å². The smallest absolute Gasteiger partial charge is 0.244 e. The molecule has 0 radical (unpaired) electrons. The van der Waals surface area contributed by atoms with E-state index >= 15 is 0 Å². The lowest BCUT2D eigenvalue weighted by Gasteiger charge is -2.36. The first kappa shape index (κ1) is 18.7. The Kier molecular flexibility index (Phi) is 4.64. The number of ether oxygens (including phenoxy) is 2. The molecule has 2 aliphatic rings. The van der Waals surface area contributed by atoms with Crippen molar-refractivity contribution < 1.29 is 17.9 Å². The zero-order chi connectivity index (χ0) is 20.0. The molecular formula is C21H19BrN2O4S. The molecule has 0 saturated heterocycles. The van der Waals surface area contributed by atoms with Crippen LogP contribution in [0.2, 0.25) is 0 Å². The second kappa shape index (κ2) is 7.19. The number of sulfonamides is 1. The topological polar surface area (TPSA) is 60.8 Å². The normalized spacial score (nSPS) is 19.0. The van der Waals surface area contributed by atoms with E-state index in [9.17, 15) is 8.42 Å². The molecule has 1 aromatic heterocycles. The highest BCUT2D eigenvalue weighted by molar-refractivity contribution is 9.10. The maximum absolute atomic E-state index is 13.7. The Hall–Kier alpha value is -2.29. The third-order valence-corrected chi connectivity index (χ3v) is 7.69. The summed E-state index contributed by atoms with van der Waals surface area (Å²) in [5.74, 6) is 1.05. The summed E-state index contributed by atoms with van der Waals surface area (Å²) in [6, 6.07) is 16.2. The highest BCUT2D eigenvalue weighted by atomic mass is 79.9.